The fraction of sp³-hybridized carbons (Fsp3) is 0.538. The second kappa shape index (κ2) is 6.61. The van der Waals surface area contributed by atoms with Crippen molar-refractivity contribution in [3.05, 3.63) is 33.7 Å². The molecule has 6 heteroatoms. The number of hydrogen-bond acceptors (Lipinski definition) is 4. The van der Waals surface area contributed by atoms with Crippen molar-refractivity contribution in [2.75, 3.05) is 11.6 Å². The fourth-order valence-electron chi connectivity index (χ4n) is 2.32. The van der Waals surface area contributed by atoms with Crippen LogP contribution < -0.4 is 10.9 Å². The van der Waals surface area contributed by atoms with Crippen LogP contribution in [0.3, 0.4) is 0 Å². The van der Waals surface area contributed by atoms with E-state index in [0.717, 1.165) is 23.8 Å². The van der Waals surface area contributed by atoms with Crippen LogP contribution in [0, 0.1) is 0 Å². The third-order valence-electron chi connectivity index (χ3n) is 3.36. The van der Waals surface area contributed by atoms with Crippen LogP contribution in [-0.4, -0.2) is 27.3 Å². The van der Waals surface area contributed by atoms with Gasteiger partial charge in [-0.15, -0.1) is 6.58 Å². The maximum Gasteiger partial charge on any atom is 0.283 e. The van der Waals surface area contributed by atoms with Crippen LogP contribution in [0.25, 0.3) is 0 Å². The van der Waals surface area contributed by atoms with E-state index in [4.69, 9.17) is 0 Å². The van der Waals surface area contributed by atoms with Crippen LogP contribution >= 0.6 is 27.7 Å². The predicted octanol–water partition coefficient (Wildman–Crippen LogP) is 2.89. The molecule has 0 aromatic carbocycles. The molecule has 0 radical (unpaired) electrons. The van der Waals surface area contributed by atoms with Gasteiger partial charge in [-0.2, -0.15) is 16.9 Å². The summed E-state index contributed by atoms with van der Waals surface area (Å²) >= 11 is 5.28. The van der Waals surface area contributed by atoms with Crippen molar-refractivity contribution in [3.63, 3.8) is 0 Å². The zero-order valence-corrected chi connectivity index (χ0v) is 13.3. The Balaban J connectivity index is 2.11. The lowest BCUT2D eigenvalue weighted by Crippen LogP contribution is -2.25. The lowest BCUT2D eigenvalue weighted by molar-refractivity contribution is 0.646. The number of anilines is 1. The Kier molecular flexibility index (Phi) is 5.10. The van der Waals surface area contributed by atoms with E-state index < -0.39 is 0 Å². The maximum absolute atomic E-state index is 12.0. The number of nitrogens with zero attached hydrogens (tertiary/aromatic N) is 2. The summed E-state index contributed by atoms with van der Waals surface area (Å²) in [6.07, 6.45) is 9.05. The average molecular weight is 344 g/mol. The van der Waals surface area contributed by atoms with Gasteiger partial charge < -0.3 is 5.32 Å². The summed E-state index contributed by atoms with van der Waals surface area (Å²) in [5.74, 6) is 0. The van der Waals surface area contributed by atoms with E-state index in [1.165, 1.54) is 11.1 Å². The summed E-state index contributed by atoms with van der Waals surface area (Å²) in [5, 5.41) is 8.29. The first-order valence-corrected chi connectivity index (χ1v) is 8.39. The van der Waals surface area contributed by atoms with E-state index in [-0.39, 0.29) is 5.56 Å². The third-order valence-corrected chi connectivity index (χ3v) is 5.23. The SMILES string of the molecule is C=CCn1ncc(NC2CCC(SC)C2)c(Br)c1=O. The molecule has 1 fully saturated rings. The molecule has 4 nitrogen and oxygen atoms in total. The molecule has 1 aromatic heterocycles. The van der Waals surface area contributed by atoms with Gasteiger partial charge in [-0.1, -0.05) is 6.08 Å². The summed E-state index contributed by atoms with van der Waals surface area (Å²) in [7, 11) is 0. The Hall–Kier alpha value is -0.750. The molecular formula is C13H18BrN3OS. The first-order chi connectivity index (χ1) is 9.15. The average Bonchev–Trinajstić information content (AvgIpc) is 2.86. The van der Waals surface area contributed by atoms with Gasteiger partial charge in [0.15, 0.2) is 0 Å². The van der Waals surface area contributed by atoms with E-state index in [0.29, 0.717) is 17.1 Å². The number of aromatic nitrogens is 2. The molecule has 1 heterocycles. The first kappa shape index (κ1) is 14.7. The van der Waals surface area contributed by atoms with E-state index >= 15 is 0 Å². The number of halogens is 1. The minimum absolute atomic E-state index is 0.121. The van der Waals surface area contributed by atoms with Crippen molar-refractivity contribution < 1.29 is 0 Å². The van der Waals surface area contributed by atoms with Gasteiger partial charge in [0.1, 0.15) is 4.47 Å². The van der Waals surface area contributed by atoms with Gasteiger partial charge >= 0.3 is 0 Å². The molecule has 2 rings (SSSR count). The lowest BCUT2D eigenvalue weighted by Gasteiger charge is -2.15. The summed E-state index contributed by atoms with van der Waals surface area (Å²) in [4.78, 5) is 12.0. The highest BCUT2D eigenvalue weighted by Crippen LogP contribution is 2.31. The number of thioether (sulfide) groups is 1. The van der Waals surface area contributed by atoms with Crippen molar-refractivity contribution in [1.29, 1.82) is 0 Å². The van der Waals surface area contributed by atoms with Crippen LogP contribution in [0.1, 0.15) is 19.3 Å². The molecule has 0 spiro atoms. The summed E-state index contributed by atoms with van der Waals surface area (Å²) in [6.45, 7) is 4.04. The van der Waals surface area contributed by atoms with Crippen LogP contribution in [0.2, 0.25) is 0 Å². The zero-order valence-electron chi connectivity index (χ0n) is 10.9. The van der Waals surface area contributed by atoms with E-state index in [1.807, 2.05) is 11.8 Å². The zero-order chi connectivity index (χ0) is 13.8. The number of allylic oxidation sites excluding steroid dienone is 1. The molecule has 1 aliphatic carbocycles. The molecule has 2 atom stereocenters. The Morgan fingerprint density at radius 1 is 1.68 bits per heavy atom. The quantitative estimate of drug-likeness (QED) is 0.835. The molecule has 1 N–H and O–H groups in total. The van der Waals surface area contributed by atoms with Crippen molar-refractivity contribution in [3.8, 4) is 0 Å². The normalized spacial score (nSPS) is 22.4. The second-order valence-electron chi connectivity index (χ2n) is 4.66. The fourth-order valence-corrected chi connectivity index (χ4v) is 3.54. The first-order valence-electron chi connectivity index (χ1n) is 6.31. The number of rotatable bonds is 5. The highest BCUT2D eigenvalue weighted by atomic mass is 79.9. The smallest absolute Gasteiger partial charge is 0.283 e. The molecule has 104 valence electrons. The summed E-state index contributed by atoms with van der Waals surface area (Å²) in [5.41, 5.74) is 0.668. The Morgan fingerprint density at radius 3 is 3.11 bits per heavy atom. The molecule has 1 aromatic rings. The molecule has 0 amide bonds. The molecule has 0 bridgehead atoms. The molecule has 1 aliphatic rings. The van der Waals surface area contributed by atoms with Gasteiger partial charge in [-0.3, -0.25) is 4.79 Å². The monoisotopic (exact) mass is 343 g/mol. The van der Waals surface area contributed by atoms with Gasteiger partial charge in [0.2, 0.25) is 0 Å². The summed E-state index contributed by atoms with van der Waals surface area (Å²) in [6, 6.07) is 0.435. The van der Waals surface area contributed by atoms with Gasteiger partial charge in [0.25, 0.3) is 5.56 Å². The van der Waals surface area contributed by atoms with Crippen LogP contribution in [-0.2, 0) is 6.54 Å². The molecule has 19 heavy (non-hydrogen) atoms. The van der Waals surface area contributed by atoms with Gasteiger partial charge in [0.05, 0.1) is 18.4 Å². The van der Waals surface area contributed by atoms with Crippen molar-refractivity contribution in [1.82, 2.24) is 9.78 Å². The van der Waals surface area contributed by atoms with Crippen LogP contribution in [0.15, 0.2) is 28.1 Å². The number of nitrogens with one attached hydrogen (secondary N) is 1. The van der Waals surface area contributed by atoms with Crippen LogP contribution in [0.5, 0.6) is 0 Å². The highest BCUT2D eigenvalue weighted by molar-refractivity contribution is 9.10. The minimum Gasteiger partial charge on any atom is -0.380 e. The highest BCUT2D eigenvalue weighted by Gasteiger charge is 2.24. The Labute approximate surface area is 125 Å². The molecule has 1 saturated carbocycles. The lowest BCUT2D eigenvalue weighted by atomic mass is 10.2. The predicted molar refractivity (Wildman–Crippen MR) is 85.0 cm³/mol. The summed E-state index contributed by atoms with van der Waals surface area (Å²) < 4.78 is 1.94. The largest absolute Gasteiger partial charge is 0.380 e. The van der Waals surface area contributed by atoms with E-state index in [2.05, 4.69) is 39.2 Å². The topological polar surface area (TPSA) is 46.9 Å². The minimum atomic E-state index is -0.121. The maximum atomic E-state index is 12.0. The molecule has 0 saturated heterocycles. The van der Waals surface area contributed by atoms with Crippen LogP contribution in [0.4, 0.5) is 5.69 Å². The van der Waals surface area contributed by atoms with Gasteiger partial charge in [-0.25, -0.2) is 4.68 Å². The second-order valence-corrected chi connectivity index (χ2v) is 6.59. The van der Waals surface area contributed by atoms with Gasteiger partial charge in [0, 0.05) is 11.3 Å². The third kappa shape index (κ3) is 3.42. The molecular weight excluding hydrogens is 326 g/mol. The molecule has 2 unspecified atom stereocenters. The number of hydrogen-bond donors (Lipinski definition) is 1. The van der Waals surface area contributed by atoms with E-state index in [1.54, 1.807) is 12.3 Å². The van der Waals surface area contributed by atoms with Crippen molar-refractivity contribution in [2.24, 2.45) is 0 Å². The Morgan fingerprint density at radius 2 is 2.47 bits per heavy atom. The standard InChI is InChI=1S/C13H18BrN3OS/c1-3-6-17-13(18)12(14)11(8-15-17)16-9-4-5-10(7-9)19-2/h3,8-10,16H,1,4-7H2,2H3. The molecule has 0 aliphatic heterocycles. The van der Waals surface area contributed by atoms with E-state index in [9.17, 15) is 4.79 Å². The van der Waals surface area contributed by atoms with Crippen molar-refractivity contribution >= 4 is 33.4 Å². The van der Waals surface area contributed by atoms with Gasteiger partial charge in [-0.05, 0) is 41.4 Å². The van der Waals surface area contributed by atoms with Crippen molar-refractivity contribution in [2.45, 2.75) is 37.1 Å². The Bertz CT molecular complexity index is 517.